The van der Waals surface area contributed by atoms with E-state index in [1.54, 1.807) is 10.6 Å². The van der Waals surface area contributed by atoms with Crippen LogP contribution in [0.4, 0.5) is 13.2 Å². The third-order valence-electron chi connectivity index (χ3n) is 5.61. The minimum absolute atomic E-state index is 0.405. The summed E-state index contributed by atoms with van der Waals surface area (Å²) in [7, 11) is 0. The molecule has 1 aromatic heterocycles. The van der Waals surface area contributed by atoms with E-state index in [9.17, 15) is 13.2 Å². The summed E-state index contributed by atoms with van der Waals surface area (Å²) in [4.78, 5) is 4.75. The second-order valence-corrected chi connectivity index (χ2v) is 8.10. The number of alkyl halides is 3. The van der Waals surface area contributed by atoms with Gasteiger partial charge in [-0.05, 0) is 36.8 Å². The lowest BCUT2D eigenvalue weighted by atomic mass is 10.1. The fraction of sp³-hybridized carbons (Fsp3) is 0.296. The molecule has 0 bridgehead atoms. The van der Waals surface area contributed by atoms with E-state index in [0.717, 1.165) is 30.5 Å². The molecule has 1 heterocycles. The zero-order valence-corrected chi connectivity index (χ0v) is 18.6. The van der Waals surface area contributed by atoms with E-state index in [0.29, 0.717) is 34.9 Å². The maximum Gasteiger partial charge on any atom is 0.416 e. The molecule has 33 heavy (non-hydrogen) atoms. The van der Waals surface area contributed by atoms with Crippen molar-refractivity contribution < 1.29 is 17.9 Å². The van der Waals surface area contributed by atoms with Gasteiger partial charge in [-0.15, -0.1) is 0 Å². The maximum absolute atomic E-state index is 13.4. The number of fused-ring (bicyclic) bond motifs is 1. The Kier molecular flexibility index (Phi) is 7.02. The largest absolute Gasteiger partial charge is 0.494 e. The molecule has 4 rings (SSSR count). The Morgan fingerprint density at radius 3 is 2.39 bits per heavy atom. The van der Waals surface area contributed by atoms with Crippen LogP contribution in [0.25, 0.3) is 28.1 Å². The molecule has 0 saturated heterocycles. The third kappa shape index (κ3) is 5.38. The number of ether oxygens (including phenoxy) is 1. The van der Waals surface area contributed by atoms with E-state index in [1.165, 1.54) is 25.3 Å². The van der Waals surface area contributed by atoms with Crippen molar-refractivity contribution in [1.29, 1.82) is 0 Å². The minimum Gasteiger partial charge on any atom is -0.494 e. The van der Waals surface area contributed by atoms with Gasteiger partial charge < -0.3 is 4.74 Å². The highest BCUT2D eigenvalue weighted by Crippen LogP contribution is 2.34. The lowest BCUT2D eigenvalue weighted by Gasteiger charge is -2.13. The summed E-state index contributed by atoms with van der Waals surface area (Å²) in [5.74, 6) is 1.27. The van der Waals surface area contributed by atoms with Crippen molar-refractivity contribution in [2.75, 3.05) is 6.61 Å². The molecule has 3 aromatic carbocycles. The van der Waals surface area contributed by atoms with Gasteiger partial charge in [0.1, 0.15) is 11.6 Å². The summed E-state index contributed by atoms with van der Waals surface area (Å²) in [6.45, 7) is 2.79. The molecular formula is C27H27F3N2O. The summed E-state index contributed by atoms with van der Waals surface area (Å²) < 4.78 is 48.0. The van der Waals surface area contributed by atoms with Gasteiger partial charge in [-0.3, -0.25) is 4.57 Å². The smallest absolute Gasteiger partial charge is 0.416 e. The van der Waals surface area contributed by atoms with E-state index >= 15 is 0 Å². The normalized spacial score (nSPS) is 11.8. The first-order valence-corrected chi connectivity index (χ1v) is 11.4. The molecule has 3 nitrogen and oxygen atoms in total. The quantitative estimate of drug-likeness (QED) is 0.240. The molecule has 0 aliphatic rings. The number of aromatic nitrogens is 2. The lowest BCUT2D eigenvalue weighted by molar-refractivity contribution is -0.137. The van der Waals surface area contributed by atoms with Gasteiger partial charge >= 0.3 is 6.18 Å². The van der Waals surface area contributed by atoms with Crippen LogP contribution in [0.5, 0.6) is 5.75 Å². The molecule has 0 radical (unpaired) electrons. The predicted octanol–water partition coefficient (Wildman–Crippen LogP) is 8.06. The van der Waals surface area contributed by atoms with Crippen LogP contribution in [0, 0.1) is 0 Å². The summed E-state index contributed by atoms with van der Waals surface area (Å²) in [6, 6.07) is 20.4. The van der Waals surface area contributed by atoms with E-state index in [2.05, 4.69) is 6.92 Å². The summed E-state index contributed by atoms with van der Waals surface area (Å²) >= 11 is 0. The molecule has 0 atom stereocenters. The Labute approximate surface area is 191 Å². The monoisotopic (exact) mass is 452 g/mol. The molecule has 0 aliphatic heterocycles. The maximum atomic E-state index is 13.4. The van der Waals surface area contributed by atoms with Crippen molar-refractivity contribution in [3.05, 3.63) is 78.4 Å². The molecule has 0 fully saturated rings. The van der Waals surface area contributed by atoms with Gasteiger partial charge in [0, 0.05) is 17.3 Å². The van der Waals surface area contributed by atoms with Crippen molar-refractivity contribution in [3.8, 4) is 22.8 Å². The van der Waals surface area contributed by atoms with E-state index < -0.39 is 11.7 Å². The highest BCUT2D eigenvalue weighted by atomic mass is 19.4. The Bertz CT molecular complexity index is 1200. The van der Waals surface area contributed by atoms with E-state index in [1.807, 2.05) is 48.5 Å². The first kappa shape index (κ1) is 22.9. The van der Waals surface area contributed by atoms with Crippen LogP contribution in [0.15, 0.2) is 72.8 Å². The molecule has 0 amide bonds. The summed E-state index contributed by atoms with van der Waals surface area (Å²) in [5.41, 5.74) is 1.94. The zero-order chi connectivity index (χ0) is 23.3. The zero-order valence-electron chi connectivity index (χ0n) is 18.6. The second-order valence-electron chi connectivity index (χ2n) is 8.10. The van der Waals surface area contributed by atoms with Gasteiger partial charge in [0.25, 0.3) is 0 Å². The highest BCUT2D eigenvalue weighted by Gasteiger charge is 2.31. The van der Waals surface area contributed by atoms with Gasteiger partial charge in [-0.1, -0.05) is 69.0 Å². The van der Waals surface area contributed by atoms with Crippen LogP contribution in [0.2, 0.25) is 0 Å². The van der Waals surface area contributed by atoms with Crippen molar-refractivity contribution >= 4 is 11.0 Å². The average molecular weight is 453 g/mol. The first-order valence-electron chi connectivity index (χ1n) is 11.4. The van der Waals surface area contributed by atoms with Gasteiger partial charge in [-0.25, -0.2) is 4.98 Å². The molecule has 0 aliphatic carbocycles. The van der Waals surface area contributed by atoms with Crippen LogP contribution >= 0.6 is 0 Å². The third-order valence-corrected chi connectivity index (χ3v) is 5.61. The highest BCUT2D eigenvalue weighted by molar-refractivity contribution is 5.84. The minimum atomic E-state index is -4.43. The molecule has 0 N–H and O–H groups in total. The lowest BCUT2D eigenvalue weighted by Crippen LogP contribution is -2.06. The number of nitrogens with zero attached hydrogens (tertiary/aromatic N) is 2. The topological polar surface area (TPSA) is 27.1 Å². The van der Waals surface area contributed by atoms with E-state index in [4.69, 9.17) is 9.72 Å². The van der Waals surface area contributed by atoms with E-state index in [-0.39, 0.29) is 0 Å². The van der Waals surface area contributed by atoms with Crippen LogP contribution < -0.4 is 4.74 Å². The fourth-order valence-electron chi connectivity index (χ4n) is 3.90. The van der Waals surface area contributed by atoms with Gasteiger partial charge in [0.05, 0.1) is 23.2 Å². The molecule has 4 aromatic rings. The summed E-state index contributed by atoms with van der Waals surface area (Å²) in [5, 5.41) is 0. The van der Waals surface area contributed by atoms with Crippen LogP contribution in [0.3, 0.4) is 0 Å². The molecule has 6 heteroatoms. The molecule has 0 saturated carbocycles. The van der Waals surface area contributed by atoms with Crippen LogP contribution in [-0.2, 0) is 6.18 Å². The van der Waals surface area contributed by atoms with Gasteiger partial charge in [-0.2, -0.15) is 13.2 Å². The Morgan fingerprint density at radius 1 is 0.848 bits per heavy atom. The number of hydrogen-bond donors (Lipinski definition) is 0. The number of unbranched alkanes of at least 4 members (excludes halogenated alkanes) is 4. The van der Waals surface area contributed by atoms with Crippen molar-refractivity contribution in [2.45, 2.75) is 45.2 Å². The first-order chi connectivity index (χ1) is 16.0. The number of benzene rings is 3. The summed E-state index contributed by atoms with van der Waals surface area (Å²) in [6.07, 6.45) is 1.29. The number of halogens is 3. The molecule has 0 spiro atoms. The number of rotatable bonds is 9. The standard InChI is InChI=1S/C27H27F3N2O/c1-2-3-4-5-9-17-33-23-15-16-24-25(19-23)32(26(31-24)20-11-7-6-8-12-20)22-14-10-13-21(18-22)27(28,29)30/h6-8,10-16,18-19H,2-5,9,17H2,1H3. The van der Waals surface area contributed by atoms with Crippen molar-refractivity contribution in [3.63, 3.8) is 0 Å². The molecule has 172 valence electrons. The van der Waals surface area contributed by atoms with Gasteiger partial charge in [0.15, 0.2) is 0 Å². The Hall–Kier alpha value is -3.28. The van der Waals surface area contributed by atoms with Gasteiger partial charge in [0.2, 0.25) is 0 Å². The van der Waals surface area contributed by atoms with Crippen molar-refractivity contribution in [1.82, 2.24) is 9.55 Å². The SMILES string of the molecule is CCCCCCCOc1ccc2nc(-c3ccccc3)n(-c3cccc(C(F)(F)F)c3)c2c1. The van der Waals surface area contributed by atoms with Crippen LogP contribution in [-0.4, -0.2) is 16.2 Å². The number of hydrogen-bond acceptors (Lipinski definition) is 2. The second kappa shape index (κ2) is 10.1. The predicted molar refractivity (Wildman–Crippen MR) is 126 cm³/mol. The van der Waals surface area contributed by atoms with Crippen molar-refractivity contribution in [2.24, 2.45) is 0 Å². The molecular weight excluding hydrogens is 425 g/mol. The fourth-order valence-corrected chi connectivity index (χ4v) is 3.90. The Balaban J connectivity index is 1.74. The Morgan fingerprint density at radius 2 is 1.64 bits per heavy atom. The average Bonchev–Trinajstić information content (AvgIpc) is 3.20. The number of imidazole rings is 1. The molecule has 0 unspecified atom stereocenters. The van der Waals surface area contributed by atoms with Crippen LogP contribution in [0.1, 0.15) is 44.6 Å².